The molecular formula is C29H32FN5O3. The molecule has 0 bridgehead atoms. The zero-order chi connectivity index (χ0) is 27.3. The number of carbonyl (C=O) groups excluding carboxylic acids is 2. The predicted octanol–water partition coefficient (Wildman–Crippen LogP) is 3.88. The molecule has 3 aromatic rings. The maximum absolute atomic E-state index is 13.2. The van der Waals surface area contributed by atoms with Crippen LogP contribution in [0.2, 0.25) is 0 Å². The molecule has 1 saturated heterocycles. The number of rotatable bonds is 8. The monoisotopic (exact) mass is 517 g/mol. The Hall–Kier alpha value is -4.08. The molecule has 0 radical (unpaired) electrons. The quantitative estimate of drug-likeness (QED) is 0.266. The van der Waals surface area contributed by atoms with Crippen LogP contribution in [-0.4, -0.2) is 52.0 Å². The zero-order valence-electron chi connectivity index (χ0n) is 21.4. The Bertz CT molecular complexity index is 1300. The van der Waals surface area contributed by atoms with E-state index in [4.69, 9.17) is 5.73 Å². The number of halogens is 1. The summed E-state index contributed by atoms with van der Waals surface area (Å²) < 4.78 is 13.2. The van der Waals surface area contributed by atoms with Gasteiger partial charge in [-0.05, 0) is 55.3 Å². The van der Waals surface area contributed by atoms with E-state index in [1.165, 1.54) is 18.2 Å². The predicted molar refractivity (Wildman–Crippen MR) is 147 cm³/mol. The smallest absolute Gasteiger partial charge is 0.248 e. The third-order valence-electron chi connectivity index (χ3n) is 6.33. The van der Waals surface area contributed by atoms with Crippen molar-refractivity contribution in [3.8, 4) is 0 Å². The molecule has 2 heterocycles. The number of para-hydroxylation sites is 2. The Morgan fingerprint density at radius 3 is 2.50 bits per heavy atom. The van der Waals surface area contributed by atoms with E-state index in [9.17, 15) is 19.1 Å². The lowest BCUT2D eigenvalue weighted by Crippen LogP contribution is -2.38. The first-order valence-electron chi connectivity index (χ1n) is 12.4. The number of aliphatic hydroxyl groups is 1. The van der Waals surface area contributed by atoms with Gasteiger partial charge < -0.3 is 21.5 Å². The van der Waals surface area contributed by atoms with Crippen molar-refractivity contribution in [2.45, 2.75) is 25.4 Å². The summed E-state index contributed by atoms with van der Waals surface area (Å²) in [4.78, 5) is 31.5. The van der Waals surface area contributed by atoms with Crippen molar-refractivity contribution in [1.82, 2.24) is 9.88 Å². The summed E-state index contributed by atoms with van der Waals surface area (Å²) in [6, 6.07) is 17.4. The van der Waals surface area contributed by atoms with E-state index in [0.717, 1.165) is 17.3 Å². The van der Waals surface area contributed by atoms with Crippen LogP contribution >= 0.6 is 0 Å². The number of nitrogens with two attached hydrogens (primary N) is 1. The fraction of sp³-hybridized carbons (Fsp3) is 0.276. The van der Waals surface area contributed by atoms with Gasteiger partial charge in [0, 0.05) is 31.6 Å². The highest BCUT2D eigenvalue weighted by atomic mass is 19.1. The van der Waals surface area contributed by atoms with Crippen molar-refractivity contribution in [3.63, 3.8) is 0 Å². The molecule has 0 aliphatic carbocycles. The minimum atomic E-state index is -0.909. The first-order valence-corrected chi connectivity index (χ1v) is 12.4. The highest BCUT2D eigenvalue weighted by Crippen LogP contribution is 2.34. The number of carbonyl (C=O) groups is 2. The van der Waals surface area contributed by atoms with Crippen molar-refractivity contribution in [1.29, 1.82) is 0 Å². The number of benzene rings is 2. The molecule has 2 aromatic carbocycles. The van der Waals surface area contributed by atoms with Gasteiger partial charge in [0.05, 0.1) is 29.1 Å². The van der Waals surface area contributed by atoms with Crippen molar-refractivity contribution in [2.24, 2.45) is 5.92 Å². The van der Waals surface area contributed by atoms with Gasteiger partial charge in [-0.1, -0.05) is 36.4 Å². The van der Waals surface area contributed by atoms with Gasteiger partial charge in [0.1, 0.15) is 11.6 Å². The molecule has 8 nitrogen and oxygen atoms in total. The molecule has 2 amide bonds. The van der Waals surface area contributed by atoms with E-state index >= 15 is 0 Å². The van der Waals surface area contributed by atoms with Crippen LogP contribution in [0, 0.1) is 11.7 Å². The van der Waals surface area contributed by atoms with Crippen LogP contribution in [0.25, 0.3) is 6.08 Å². The van der Waals surface area contributed by atoms with Gasteiger partial charge in [-0.2, -0.15) is 0 Å². The van der Waals surface area contributed by atoms with Gasteiger partial charge in [-0.15, -0.1) is 0 Å². The molecule has 38 heavy (non-hydrogen) atoms. The largest absolute Gasteiger partial charge is 0.397 e. The Morgan fingerprint density at radius 1 is 1.11 bits per heavy atom. The third kappa shape index (κ3) is 7.24. The van der Waals surface area contributed by atoms with Crippen LogP contribution in [0.4, 0.5) is 21.6 Å². The minimum Gasteiger partial charge on any atom is -0.397 e. The van der Waals surface area contributed by atoms with E-state index in [-0.39, 0.29) is 23.6 Å². The number of likely N-dealkylation sites (tertiary alicyclic amines) is 1. The summed E-state index contributed by atoms with van der Waals surface area (Å²) in [5.41, 5.74) is 7.80. The number of amides is 2. The number of β-amino-alcohol motifs (C(OH)–C–C–N with tert-alkyl or cyclic N) is 1. The van der Waals surface area contributed by atoms with Crippen LogP contribution in [-0.2, 0) is 9.59 Å². The van der Waals surface area contributed by atoms with Gasteiger partial charge in [0.2, 0.25) is 11.8 Å². The zero-order valence-corrected chi connectivity index (χ0v) is 21.4. The Labute approximate surface area is 221 Å². The summed E-state index contributed by atoms with van der Waals surface area (Å²) in [5.74, 6) is -1.22. The van der Waals surface area contributed by atoms with Crippen LogP contribution in [0.1, 0.15) is 30.9 Å². The molecule has 198 valence electrons. The molecule has 2 unspecified atom stereocenters. The molecule has 9 heteroatoms. The van der Waals surface area contributed by atoms with Gasteiger partial charge in [-0.25, -0.2) is 9.37 Å². The van der Waals surface area contributed by atoms with Crippen LogP contribution in [0.3, 0.4) is 0 Å². The number of aromatic nitrogens is 1. The molecular weight excluding hydrogens is 485 g/mol. The average molecular weight is 518 g/mol. The van der Waals surface area contributed by atoms with Crippen molar-refractivity contribution in [3.05, 3.63) is 89.9 Å². The summed E-state index contributed by atoms with van der Waals surface area (Å²) >= 11 is 0. The maximum atomic E-state index is 13.2. The Balaban J connectivity index is 1.46. The van der Waals surface area contributed by atoms with Gasteiger partial charge in [-0.3, -0.25) is 14.5 Å². The number of pyridine rings is 1. The molecule has 1 fully saturated rings. The number of nitrogens with one attached hydrogen (secondary N) is 2. The number of anilines is 3. The number of hydrogen-bond donors (Lipinski definition) is 4. The highest BCUT2D eigenvalue weighted by Gasteiger charge is 2.39. The van der Waals surface area contributed by atoms with Crippen molar-refractivity contribution < 1.29 is 19.1 Å². The SMILES string of the molecule is CC(C)(O)CN1CC(C(=O)Nc2ccc(F)cn2)C(c2ccc(/C=C/C(=O)Nc3ccccc3N)cc2)C1. The third-order valence-corrected chi connectivity index (χ3v) is 6.33. The summed E-state index contributed by atoms with van der Waals surface area (Å²) in [6.07, 6.45) is 4.20. The van der Waals surface area contributed by atoms with E-state index in [1.807, 2.05) is 24.3 Å². The van der Waals surface area contributed by atoms with Crippen molar-refractivity contribution >= 4 is 35.1 Å². The van der Waals surface area contributed by atoms with Crippen LogP contribution < -0.4 is 16.4 Å². The lowest BCUT2D eigenvalue weighted by molar-refractivity contribution is -0.120. The second kappa shape index (κ2) is 11.5. The Kier molecular flexibility index (Phi) is 8.19. The van der Waals surface area contributed by atoms with Gasteiger partial charge in [0.15, 0.2) is 0 Å². The maximum Gasteiger partial charge on any atom is 0.248 e. The topological polar surface area (TPSA) is 121 Å². The summed E-state index contributed by atoms with van der Waals surface area (Å²) in [6.45, 7) is 4.95. The van der Waals surface area contributed by atoms with E-state index in [1.54, 1.807) is 44.2 Å². The van der Waals surface area contributed by atoms with Crippen LogP contribution in [0.5, 0.6) is 0 Å². The molecule has 0 spiro atoms. The Morgan fingerprint density at radius 2 is 1.84 bits per heavy atom. The summed E-state index contributed by atoms with van der Waals surface area (Å²) in [5, 5.41) is 15.9. The van der Waals surface area contributed by atoms with E-state index in [0.29, 0.717) is 31.0 Å². The second-order valence-electron chi connectivity index (χ2n) is 10.1. The normalized spacial score (nSPS) is 18.0. The molecule has 1 aliphatic heterocycles. The summed E-state index contributed by atoms with van der Waals surface area (Å²) in [7, 11) is 0. The first kappa shape index (κ1) is 27.0. The number of nitrogen functional groups attached to an aromatic ring is 1. The molecule has 4 rings (SSSR count). The van der Waals surface area contributed by atoms with E-state index in [2.05, 4.69) is 20.5 Å². The lowest BCUT2D eigenvalue weighted by Gasteiger charge is -2.25. The lowest BCUT2D eigenvalue weighted by atomic mass is 9.88. The number of nitrogens with zero attached hydrogens (tertiary/aromatic N) is 2. The molecule has 5 N–H and O–H groups in total. The van der Waals surface area contributed by atoms with Crippen LogP contribution in [0.15, 0.2) is 72.9 Å². The second-order valence-corrected chi connectivity index (χ2v) is 10.1. The fourth-order valence-electron chi connectivity index (χ4n) is 4.65. The van der Waals surface area contributed by atoms with E-state index < -0.39 is 17.3 Å². The molecule has 1 aliphatic rings. The highest BCUT2D eigenvalue weighted by molar-refractivity contribution is 6.03. The minimum absolute atomic E-state index is 0.125. The van der Waals surface area contributed by atoms with Crippen molar-refractivity contribution in [2.75, 3.05) is 36.0 Å². The average Bonchev–Trinajstić information content (AvgIpc) is 3.28. The first-order chi connectivity index (χ1) is 18.1. The molecule has 0 saturated carbocycles. The molecule has 1 aromatic heterocycles. The fourth-order valence-corrected chi connectivity index (χ4v) is 4.65. The van der Waals surface area contributed by atoms with Gasteiger partial charge >= 0.3 is 0 Å². The van der Waals surface area contributed by atoms with Gasteiger partial charge in [0.25, 0.3) is 0 Å². The standard InChI is InChI=1S/C29H32FN5O3/c1-29(2,38)18-35-16-22(23(17-35)28(37)34-26-13-12-21(30)15-32-26)20-10-7-19(8-11-20)9-14-27(36)33-25-6-4-3-5-24(25)31/h3-15,22-23,38H,16-18,31H2,1-2H3,(H,33,36)(H,32,34,37)/b14-9+. The molecule has 2 atom stereocenters. The number of hydrogen-bond acceptors (Lipinski definition) is 6.